The molecule has 0 spiro atoms. The van der Waals surface area contributed by atoms with Crippen molar-refractivity contribution in [3.63, 3.8) is 0 Å². The van der Waals surface area contributed by atoms with E-state index in [4.69, 9.17) is 9.47 Å². The average Bonchev–Trinajstić information content (AvgIpc) is 3.25. The fourth-order valence-electron chi connectivity index (χ4n) is 4.38. The van der Waals surface area contributed by atoms with Crippen LogP contribution in [0.3, 0.4) is 0 Å². The Hall–Kier alpha value is -3.37. The molecule has 0 bridgehead atoms. The van der Waals surface area contributed by atoms with Gasteiger partial charge in [0.25, 0.3) is 5.91 Å². The van der Waals surface area contributed by atoms with E-state index in [2.05, 4.69) is 5.32 Å². The third-order valence-corrected chi connectivity index (χ3v) is 5.99. The van der Waals surface area contributed by atoms with Gasteiger partial charge in [-0.15, -0.1) is 0 Å². The van der Waals surface area contributed by atoms with Gasteiger partial charge in [-0.25, -0.2) is 9.18 Å². The van der Waals surface area contributed by atoms with Crippen LogP contribution in [0.4, 0.5) is 20.6 Å². The normalized spacial score (nSPS) is 24.0. The number of cyclic esters (lactones) is 1. The smallest absolute Gasteiger partial charge is 0.414 e. The van der Waals surface area contributed by atoms with Gasteiger partial charge in [0.1, 0.15) is 11.9 Å². The van der Waals surface area contributed by atoms with Crippen molar-refractivity contribution in [1.82, 2.24) is 10.2 Å². The number of fused-ring (bicyclic) bond motifs is 1. The van der Waals surface area contributed by atoms with Crippen molar-refractivity contribution in [2.75, 3.05) is 49.1 Å². The molecule has 11 heteroatoms. The predicted molar refractivity (Wildman–Crippen MR) is 111 cm³/mol. The Morgan fingerprint density at radius 2 is 1.97 bits per heavy atom. The van der Waals surface area contributed by atoms with Crippen LogP contribution in [0.15, 0.2) is 18.2 Å². The highest BCUT2D eigenvalue weighted by atomic mass is 19.1. The number of likely N-dealkylation sites (tertiary alicyclic amines) is 1. The predicted octanol–water partition coefficient (Wildman–Crippen LogP) is 0.497. The summed E-state index contributed by atoms with van der Waals surface area (Å²) in [6, 6.07) is 4.53. The fraction of sp³-hybridized carbons (Fsp3) is 0.524. The topological polar surface area (TPSA) is 108 Å². The average molecular weight is 448 g/mol. The second kappa shape index (κ2) is 8.64. The molecule has 3 amide bonds. The van der Waals surface area contributed by atoms with Crippen LogP contribution in [0.25, 0.3) is 0 Å². The van der Waals surface area contributed by atoms with E-state index in [1.807, 2.05) is 4.90 Å². The van der Waals surface area contributed by atoms with Crippen molar-refractivity contribution >= 4 is 35.3 Å². The number of esters is 1. The lowest BCUT2D eigenvalue weighted by Crippen LogP contribution is -2.59. The van der Waals surface area contributed by atoms with Crippen LogP contribution >= 0.6 is 0 Å². The van der Waals surface area contributed by atoms with Crippen LogP contribution in [0.5, 0.6) is 0 Å². The van der Waals surface area contributed by atoms with E-state index in [0.717, 1.165) is 0 Å². The highest BCUT2D eigenvalue weighted by Gasteiger charge is 2.48. The molecular weight excluding hydrogens is 423 g/mol. The number of hydrogen-bond donors (Lipinski definition) is 1. The molecule has 3 heterocycles. The third-order valence-electron chi connectivity index (χ3n) is 5.99. The minimum absolute atomic E-state index is 0.0415. The first-order valence-corrected chi connectivity index (χ1v) is 10.4. The molecule has 1 N–H and O–H groups in total. The Kier molecular flexibility index (Phi) is 5.90. The Labute approximate surface area is 184 Å². The van der Waals surface area contributed by atoms with Gasteiger partial charge in [-0.3, -0.25) is 19.3 Å². The van der Waals surface area contributed by atoms with Gasteiger partial charge >= 0.3 is 12.1 Å². The lowest BCUT2D eigenvalue weighted by atomic mass is 9.92. The van der Waals surface area contributed by atoms with Crippen molar-refractivity contribution in [3.8, 4) is 0 Å². The van der Waals surface area contributed by atoms with Gasteiger partial charge in [0, 0.05) is 39.4 Å². The number of benzene rings is 1. The molecule has 1 aromatic carbocycles. The summed E-state index contributed by atoms with van der Waals surface area (Å²) in [5, 5.41) is 2.60. The van der Waals surface area contributed by atoms with E-state index < -0.39 is 24.0 Å². The first-order valence-electron chi connectivity index (χ1n) is 10.4. The lowest BCUT2D eigenvalue weighted by Gasteiger charge is -2.43. The van der Waals surface area contributed by atoms with Crippen LogP contribution in [0.1, 0.15) is 13.8 Å². The summed E-state index contributed by atoms with van der Waals surface area (Å²) in [6.07, 6.45) is -1.09. The Morgan fingerprint density at radius 3 is 2.66 bits per heavy atom. The fourth-order valence-corrected chi connectivity index (χ4v) is 4.38. The molecule has 3 aliphatic rings. The molecule has 0 radical (unpaired) electrons. The van der Waals surface area contributed by atoms with E-state index in [-0.39, 0.29) is 43.5 Å². The lowest BCUT2D eigenvalue weighted by molar-refractivity contribution is -0.155. The molecule has 3 atom stereocenters. The number of rotatable bonds is 6. The number of carbonyl (C=O) groups is 4. The number of amides is 3. The molecule has 0 aliphatic carbocycles. The number of halogens is 1. The summed E-state index contributed by atoms with van der Waals surface area (Å²) in [4.78, 5) is 51.2. The number of anilines is 2. The molecule has 32 heavy (non-hydrogen) atoms. The summed E-state index contributed by atoms with van der Waals surface area (Å²) in [6.45, 7) is 4.41. The SMILES string of the molecule is CC(=O)NC[C@H]1CN(c2ccc(N3C[C@@H]4CN(C(=O)COC(C)=O)[C@@H]4C3)c(F)c2)C(=O)O1. The maximum Gasteiger partial charge on any atom is 0.414 e. The minimum atomic E-state index is -0.589. The Morgan fingerprint density at radius 1 is 1.19 bits per heavy atom. The molecule has 1 aromatic rings. The van der Waals surface area contributed by atoms with Crippen LogP contribution in [-0.4, -0.2) is 80.3 Å². The Balaban J connectivity index is 1.37. The van der Waals surface area contributed by atoms with E-state index >= 15 is 0 Å². The van der Waals surface area contributed by atoms with Gasteiger partial charge in [0.15, 0.2) is 6.61 Å². The number of nitrogens with one attached hydrogen (secondary N) is 1. The largest absolute Gasteiger partial charge is 0.456 e. The molecule has 0 unspecified atom stereocenters. The molecule has 0 saturated carbocycles. The van der Waals surface area contributed by atoms with Crippen molar-refractivity contribution in [2.45, 2.75) is 26.0 Å². The first-order chi connectivity index (χ1) is 15.2. The molecule has 3 fully saturated rings. The van der Waals surface area contributed by atoms with E-state index in [1.54, 1.807) is 17.0 Å². The molecule has 10 nitrogen and oxygen atoms in total. The zero-order valence-corrected chi connectivity index (χ0v) is 17.9. The standard InChI is InChI=1S/C21H25FN4O6/c1-12(27)23-6-16-9-25(21(30)32-16)15-3-4-18(17(22)5-15)24-7-14-8-26(19(14)10-24)20(29)11-31-13(2)28/h3-5,14,16,19H,6-11H2,1-2H3,(H,23,27)/t14-,16+,19-/m1/s1. The van der Waals surface area contributed by atoms with Gasteiger partial charge in [-0.1, -0.05) is 0 Å². The van der Waals surface area contributed by atoms with Crippen LogP contribution < -0.4 is 15.1 Å². The van der Waals surface area contributed by atoms with E-state index in [0.29, 0.717) is 31.0 Å². The zero-order valence-electron chi connectivity index (χ0n) is 17.9. The van der Waals surface area contributed by atoms with E-state index in [9.17, 15) is 23.6 Å². The van der Waals surface area contributed by atoms with Crippen molar-refractivity contribution in [1.29, 1.82) is 0 Å². The zero-order chi connectivity index (χ0) is 23.0. The molecule has 3 saturated heterocycles. The number of carbonyl (C=O) groups excluding carboxylic acids is 4. The van der Waals surface area contributed by atoms with Gasteiger partial charge in [0.2, 0.25) is 5.91 Å². The van der Waals surface area contributed by atoms with Crippen LogP contribution in [-0.2, 0) is 23.9 Å². The Bertz CT molecular complexity index is 956. The van der Waals surface area contributed by atoms with Crippen LogP contribution in [0.2, 0.25) is 0 Å². The summed E-state index contributed by atoms with van der Waals surface area (Å²) >= 11 is 0. The molecule has 172 valence electrons. The van der Waals surface area contributed by atoms with Gasteiger partial charge in [-0.05, 0) is 18.2 Å². The maximum absolute atomic E-state index is 15.0. The van der Waals surface area contributed by atoms with E-state index in [1.165, 1.54) is 24.8 Å². The summed E-state index contributed by atoms with van der Waals surface area (Å²) < 4.78 is 25.0. The van der Waals surface area contributed by atoms with Crippen molar-refractivity contribution < 1.29 is 33.0 Å². The maximum atomic E-state index is 15.0. The highest BCUT2D eigenvalue weighted by Crippen LogP contribution is 2.37. The molecule has 3 aliphatic heterocycles. The third kappa shape index (κ3) is 4.32. The number of hydrogen-bond acceptors (Lipinski definition) is 7. The number of nitrogens with zero attached hydrogens (tertiary/aromatic N) is 3. The molecule has 4 rings (SSSR count). The monoisotopic (exact) mass is 448 g/mol. The highest BCUT2D eigenvalue weighted by molar-refractivity contribution is 5.90. The quantitative estimate of drug-likeness (QED) is 0.632. The van der Waals surface area contributed by atoms with Crippen LogP contribution in [0, 0.1) is 11.7 Å². The second-order valence-electron chi connectivity index (χ2n) is 8.25. The van der Waals surface area contributed by atoms with Gasteiger partial charge in [0.05, 0.1) is 30.5 Å². The molecule has 0 aromatic heterocycles. The van der Waals surface area contributed by atoms with Gasteiger partial charge < -0.3 is 24.6 Å². The summed E-state index contributed by atoms with van der Waals surface area (Å²) in [5.74, 6) is -1.21. The first kappa shape index (κ1) is 21.8. The van der Waals surface area contributed by atoms with Gasteiger partial charge in [-0.2, -0.15) is 0 Å². The van der Waals surface area contributed by atoms with Crippen molar-refractivity contribution in [3.05, 3.63) is 24.0 Å². The minimum Gasteiger partial charge on any atom is -0.456 e. The summed E-state index contributed by atoms with van der Waals surface area (Å²) in [5.41, 5.74) is 0.778. The summed E-state index contributed by atoms with van der Waals surface area (Å²) in [7, 11) is 0. The van der Waals surface area contributed by atoms with Crippen molar-refractivity contribution in [2.24, 2.45) is 5.92 Å². The second-order valence-corrected chi connectivity index (χ2v) is 8.25. The molecular formula is C21H25FN4O6. The number of ether oxygens (including phenoxy) is 2.